The summed E-state index contributed by atoms with van der Waals surface area (Å²) in [4.78, 5) is 5.50. The van der Waals surface area contributed by atoms with Gasteiger partial charge in [-0.05, 0) is 44.0 Å². The number of rotatable bonds is 5. The van der Waals surface area contributed by atoms with Crippen LogP contribution in [-0.2, 0) is 15.5 Å². The second-order valence-corrected chi connectivity index (χ2v) is 8.29. The summed E-state index contributed by atoms with van der Waals surface area (Å²) in [5.74, 6) is 0.709. The van der Waals surface area contributed by atoms with Crippen molar-refractivity contribution < 1.29 is 13.2 Å². The number of halogens is 1. The van der Waals surface area contributed by atoms with E-state index in [-0.39, 0.29) is 4.90 Å². The van der Waals surface area contributed by atoms with Crippen LogP contribution in [0.15, 0.2) is 22.5 Å². The van der Waals surface area contributed by atoms with Gasteiger partial charge in [0.25, 0.3) is 9.05 Å². The lowest BCUT2D eigenvalue weighted by atomic mass is 10.1. The van der Waals surface area contributed by atoms with Crippen LogP contribution in [0.1, 0.15) is 21.7 Å². The molecule has 1 aromatic heterocycles. The lowest BCUT2D eigenvalue weighted by Gasteiger charge is -2.13. The molecular weight excluding hydrogens is 330 g/mol. The zero-order chi connectivity index (χ0) is 15.6. The van der Waals surface area contributed by atoms with Gasteiger partial charge in [0.2, 0.25) is 0 Å². The molecule has 2 aromatic rings. The van der Waals surface area contributed by atoms with Gasteiger partial charge in [-0.1, -0.05) is 0 Å². The van der Waals surface area contributed by atoms with Crippen molar-refractivity contribution in [3.8, 4) is 5.75 Å². The van der Waals surface area contributed by atoms with Gasteiger partial charge in [-0.15, -0.1) is 11.3 Å². The van der Waals surface area contributed by atoms with Crippen molar-refractivity contribution in [3.05, 3.63) is 39.3 Å². The molecule has 1 aromatic carbocycles. The summed E-state index contributed by atoms with van der Waals surface area (Å²) < 4.78 is 28.6. The molecule has 0 bridgehead atoms. The number of aryl methyl sites for hydroxylation is 3. The molecule has 1 heterocycles. The Hall–Kier alpha value is -1.11. The Morgan fingerprint density at radius 1 is 1.24 bits per heavy atom. The minimum absolute atomic E-state index is 0.102. The summed E-state index contributed by atoms with van der Waals surface area (Å²) in [5.41, 5.74) is 4.37. The van der Waals surface area contributed by atoms with Crippen molar-refractivity contribution in [1.82, 2.24) is 4.98 Å². The molecule has 0 N–H and O–H groups in total. The highest BCUT2D eigenvalue weighted by molar-refractivity contribution is 8.13. The molecule has 0 atom stereocenters. The molecule has 21 heavy (non-hydrogen) atoms. The molecule has 0 radical (unpaired) electrons. The molecule has 0 aliphatic rings. The number of hydrogen-bond donors (Lipinski definition) is 0. The Morgan fingerprint density at radius 3 is 2.33 bits per heavy atom. The van der Waals surface area contributed by atoms with E-state index in [1.54, 1.807) is 11.3 Å². The van der Waals surface area contributed by atoms with Crippen LogP contribution in [0.4, 0.5) is 0 Å². The quantitative estimate of drug-likeness (QED) is 0.777. The van der Waals surface area contributed by atoms with Crippen molar-refractivity contribution >= 4 is 31.1 Å². The van der Waals surface area contributed by atoms with Crippen LogP contribution in [0.5, 0.6) is 5.75 Å². The average molecular weight is 346 g/mol. The fourth-order valence-electron chi connectivity index (χ4n) is 2.09. The molecule has 0 fully saturated rings. The first-order chi connectivity index (χ1) is 9.79. The van der Waals surface area contributed by atoms with E-state index in [1.807, 2.05) is 26.3 Å². The monoisotopic (exact) mass is 345 g/mol. The van der Waals surface area contributed by atoms with Crippen LogP contribution in [-0.4, -0.2) is 20.0 Å². The van der Waals surface area contributed by atoms with Crippen molar-refractivity contribution in [2.24, 2.45) is 0 Å². The molecule has 0 aliphatic heterocycles. The van der Waals surface area contributed by atoms with Gasteiger partial charge in [0, 0.05) is 22.0 Å². The van der Waals surface area contributed by atoms with E-state index in [1.165, 1.54) is 17.0 Å². The van der Waals surface area contributed by atoms with Gasteiger partial charge < -0.3 is 4.74 Å². The Labute approximate surface area is 133 Å². The molecule has 0 aliphatic carbocycles. The third-order valence-corrected chi connectivity index (χ3v) is 5.46. The van der Waals surface area contributed by atoms with Crippen molar-refractivity contribution in [2.75, 3.05) is 6.61 Å². The molecule has 2 rings (SSSR count). The van der Waals surface area contributed by atoms with E-state index >= 15 is 0 Å². The first kappa shape index (κ1) is 16.3. The zero-order valence-electron chi connectivity index (χ0n) is 12.0. The number of aromatic nitrogens is 1. The fraction of sp³-hybridized carbons (Fsp3) is 0.357. The highest BCUT2D eigenvalue weighted by Crippen LogP contribution is 2.28. The molecule has 0 saturated heterocycles. The van der Waals surface area contributed by atoms with E-state index in [0.29, 0.717) is 12.4 Å². The molecule has 0 amide bonds. The highest BCUT2D eigenvalue weighted by Gasteiger charge is 2.15. The molecular formula is C14H16ClNO3S2. The molecule has 0 saturated carbocycles. The summed E-state index contributed by atoms with van der Waals surface area (Å²) in [6.07, 6.45) is 0.783. The maximum absolute atomic E-state index is 11.4. The van der Waals surface area contributed by atoms with Gasteiger partial charge in [-0.3, -0.25) is 0 Å². The summed E-state index contributed by atoms with van der Waals surface area (Å²) in [6, 6.07) is 3.06. The lowest BCUT2D eigenvalue weighted by molar-refractivity contribution is 0.318. The van der Waals surface area contributed by atoms with E-state index in [9.17, 15) is 8.42 Å². The second-order valence-electron chi connectivity index (χ2n) is 4.78. The Balaban J connectivity index is 2.12. The lowest BCUT2D eigenvalue weighted by Crippen LogP contribution is -2.05. The topological polar surface area (TPSA) is 56.3 Å². The molecule has 0 spiro atoms. The molecule has 0 unspecified atom stereocenters. The van der Waals surface area contributed by atoms with Crippen molar-refractivity contribution in [3.63, 3.8) is 0 Å². The maximum atomic E-state index is 11.4. The average Bonchev–Trinajstić information content (AvgIpc) is 2.77. The predicted molar refractivity (Wildman–Crippen MR) is 85.0 cm³/mol. The van der Waals surface area contributed by atoms with Crippen molar-refractivity contribution in [1.29, 1.82) is 0 Å². The van der Waals surface area contributed by atoms with Gasteiger partial charge in [0.15, 0.2) is 0 Å². The van der Waals surface area contributed by atoms with E-state index in [2.05, 4.69) is 4.98 Å². The summed E-state index contributed by atoms with van der Waals surface area (Å²) >= 11 is 1.61. The van der Waals surface area contributed by atoms with Gasteiger partial charge in [0.05, 0.1) is 22.7 Å². The Bertz CT molecular complexity index is 730. The van der Waals surface area contributed by atoms with Crippen LogP contribution in [0, 0.1) is 20.8 Å². The van der Waals surface area contributed by atoms with Gasteiger partial charge in [0.1, 0.15) is 5.75 Å². The Kier molecular flexibility index (Phi) is 4.91. The molecule has 7 heteroatoms. The molecule has 114 valence electrons. The maximum Gasteiger partial charge on any atom is 0.261 e. The van der Waals surface area contributed by atoms with E-state index in [4.69, 9.17) is 15.4 Å². The van der Waals surface area contributed by atoms with Crippen LogP contribution < -0.4 is 4.74 Å². The second kappa shape index (κ2) is 6.34. The SMILES string of the molecule is Cc1cc(S(=O)(=O)Cl)cc(C)c1OCCc1scnc1C. The summed E-state index contributed by atoms with van der Waals surface area (Å²) in [5, 5.41) is 0. The smallest absolute Gasteiger partial charge is 0.261 e. The van der Waals surface area contributed by atoms with Crippen molar-refractivity contribution in [2.45, 2.75) is 32.1 Å². The van der Waals surface area contributed by atoms with E-state index < -0.39 is 9.05 Å². The summed E-state index contributed by atoms with van der Waals surface area (Å²) in [7, 11) is 1.65. The minimum atomic E-state index is -3.72. The predicted octanol–water partition coefficient (Wildman–Crippen LogP) is 3.62. The Morgan fingerprint density at radius 2 is 1.86 bits per heavy atom. The van der Waals surface area contributed by atoms with Crippen LogP contribution in [0.2, 0.25) is 0 Å². The van der Waals surface area contributed by atoms with Crippen LogP contribution in [0.25, 0.3) is 0 Å². The fourth-order valence-corrected chi connectivity index (χ4v) is 3.76. The standard InChI is InChI=1S/C14H16ClNO3S2/c1-9-6-12(21(15,17)18)7-10(2)14(9)19-5-4-13-11(3)16-8-20-13/h6-8H,4-5H2,1-3H3. The minimum Gasteiger partial charge on any atom is -0.493 e. The normalized spacial score (nSPS) is 11.6. The third-order valence-electron chi connectivity index (χ3n) is 3.14. The first-order valence-electron chi connectivity index (χ1n) is 6.36. The third kappa shape index (κ3) is 3.96. The van der Waals surface area contributed by atoms with Crippen LogP contribution in [0.3, 0.4) is 0 Å². The van der Waals surface area contributed by atoms with E-state index in [0.717, 1.165) is 23.2 Å². The largest absolute Gasteiger partial charge is 0.493 e. The number of benzene rings is 1. The van der Waals surface area contributed by atoms with Gasteiger partial charge in [-0.2, -0.15) is 0 Å². The van der Waals surface area contributed by atoms with Gasteiger partial charge >= 0.3 is 0 Å². The van der Waals surface area contributed by atoms with Gasteiger partial charge in [-0.25, -0.2) is 13.4 Å². The number of thiazole rings is 1. The number of ether oxygens (including phenoxy) is 1. The highest BCUT2D eigenvalue weighted by atomic mass is 35.7. The molecule has 4 nitrogen and oxygen atoms in total. The first-order valence-corrected chi connectivity index (χ1v) is 9.55. The van der Waals surface area contributed by atoms with Crippen LogP contribution >= 0.6 is 22.0 Å². The zero-order valence-corrected chi connectivity index (χ0v) is 14.4. The summed E-state index contributed by atoms with van der Waals surface area (Å²) in [6.45, 7) is 6.12. The number of hydrogen-bond acceptors (Lipinski definition) is 5. The number of nitrogens with zero attached hydrogens (tertiary/aromatic N) is 1.